The van der Waals surface area contributed by atoms with Gasteiger partial charge in [0.15, 0.2) is 5.82 Å². The lowest BCUT2D eigenvalue weighted by Gasteiger charge is -2.23. The van der Waals surface area contributed by atoms with Crippen molar-refractivity contribution >= 4 is 32.3 Å². The number of fused-ring (bicyclic) bond motifs is 6. The number of hydrogen-bond donors (Lipinski definition) is 0. The smallest absolute Gasteiger partial charge is 0.160 e. The van der Waals surface area contributed by atoms with Gasteiger partial charge in [0, 0.05) is 22.1 Å². The Hall–Kier alpha value is -7.16. The summed E-state index contributed by atoms with van der Waals surface area (Å²) < 4.78 is 0. The van der Waals surface area contributed by atoms with Crippen LogP contribution in [0.5, 0.6) is 0 Å². The summed E-state index contributed by atoms with van der Waals surface area (Å²) in [5.41, 5.74) is 15.1. The molecule has 0 bridgehead atoms. The minimum Gasteiger partial charge on any atom is -0.228 e. The minimum atomic E-state index is -0.128. The lowest BCUT2D eigenvalue weighted by molar-refractivity contribution is 0.661. The molecule has 1 heterocycles. The largest absolute Gasteiger partial charge is 0.228 e. The van der Waals surface area contributed by atoms with Crippen molar-refractivity contribution in [3.8, 4) is 67.3 Å². The Morgan fingerprint density at radius 1 is 0.333 bits per heavy atom. The van der Waals surface area contributed by atoms with Gasteiger partial charge in [-0.3, -0.25) is 0 Å². The summed E-state index contributed by atoms with van der Waals surface area (Å²) in [7, 11) is 0. The molecule has 9 aromatic carbocycles. The van der Waals surface area contributed by atoms with Gasteiger partial charge in [0.25, 0.3) is 0 Å². The first-order chi connectivity index (χ1) is 28.0. The first-order valence-electron chi connectivity index (χ1n) is 19.7. The Kier molecular flexibility index (Phi) is 7.55. The number of nitrogens with zero attached hydrogens (tertiary/aromatic N) is 2. The van der Waals surface area contributed by atoms with Gasteiger partial charge < -0.3 is 0 Å². The van der Waals surface area contributed by atoms with Crippen LogP contribution in [-0.4, -0.2) is 9.97 Å². The van der Waals surface area contributed by atoms with E-state index in [0.717, 1.165) is 33.6 Å². The van der Waals surface area contributed by atoms with Gasteiger partial charge in [-0.15, -0.1) is 0 Å². The van der Waals surface area contributed by atoms with Gasteiger partial charge in [-0.25, -0.2) is 9.97 Å². The summed E-state index contributed by atoms with van der Waals surface area (Å²) in [6, 6.07) is 70.1. The number of aromatic nitrogens is 2. The Balaban J connectivity index is 1.14. The van der Waals surface area contributed by atoms with Gasteiger partial charge in [-0.05, 0) is 101 Å². The molecule has 0 unspecified atom stereocenters. The monoisotopic (exact) mass is 726 g/mol. The van der Waals surface area contributed by atoms with Crippen LogP contribution in [0.2, 0.25) is 0 Å². The van der Waals surface area contributed by atoms with E-state index in [2.05, 4.69) is 196 Å². The summed E-state index contributed by atoms with van der Waals surface area (Å²) in [6.07, 6.45) is 0. The quantitative estimate of drug-likeness (QED) is 0.165. The summed E-state index contributed by atoms with van der Waals surface area (Å²) in [6.45, 7) is 4.76. The highest BCUT2D eigenvalue weighted by molar-refractivity contribution is 6.23. The van der Waals surface area contributed by atoms with Crippen molar-refractivity contribution in [2.24, 2.45) is 0 Å². The third kappa shape index (κ3) is 5.33. The maximum atomic E-state index is 5.18. The van der Waals surface area contributed by atoms with Crippen molar-refractivity contribution in [2.75, 3.05) is 0 Å². The first-order valence-corrected chi connectivity index (χ1v) is 19.7. The van der Waals surface area contributed by atoms with Crippen LogP contribution in [0.15, 0.2) is 194 Å². The fraction of sp³-hybridized carbons (Fsp3) is 0.0545. The molecule has 1 aliphatic carbocycles. The molecule has 268 valence electrons. The normalized spacial score (nSPS) is 12.9. The van der Waals surface area contributed by atoms with Crippen LogP contribution in [0.1, 0.15) is 25.0 Å². The summed E-state index contributed by atoms with van der Waals surface area (Å²) in [5, 5.41) is 7.49. The molecule has 0 spiro atoms. The van der Waals surface area contributed by atoms with Gasteiger partial charge in [0.2, 0.25) is 0 Å². The lowest BCUT2D eigenvalue weighted by Crippen LogP contribution is -2.14. The minimum absolute atomic E-state index is 0.128. The van der Waals surface area contributed by atoms with E-state index >= 15 is 0 Å². The molecule has 57 heavy (non-hydrogen) atoms. The molecular formula is C55H38N2. The maximum absolute atomic E-state index is 5.18. The number of benzene rings is 9. The number of hydrogen-bond acceptors (Lipinski definition) is 2. The predicted octanol–water partition coefficient (Wildman–Crippen LogP) is 14.6. The van der Waals surface area contributed by atoms with Crippen molar-refractivity contribution < 1.29 is 0 Å². The van der Waals surface area contributed by atoms with Crippen LogP contribution in [-0.2, 0) is 5.41 Å². The number of rotatable bonds is 5. The molecule has 0 saturated carbocycles. The topological polar surface area (TPSA) is 25.8 Å². The predicted molar refractivity (Wildman–Crippen MR) is 239 cm³/mol. The van der Waals surface area contributed by atoms with E-state index in [0.29, 0.717) is 5.82 Å². The molecule has 0 fully saturated rings. The van der Waals surface area contributed by atoms with Gasteiger partial charge in [-0.2, -0.15) is 0 Å². The van der Waals surface area contributed by atoms with E-state index in [1.54, 1.807) is 0 Å². The van der Waals surface area contributed by atoms with E-state index < -0.39 is 0 Å². The highest BCUT2D eigenvalue weighted by Crippen LogP contribution is 2.55. The van der Waals surface area contributed by atoms with Crippen molar-refractivity contribution in [3.05, 3.63) is 205 Å². The van der Waals surface area contributed by atoms with Crippen LogP contribution < -0.4 is 0 Å². The van der Waals surface area contributed by atoms with E-state index in [1.807, 2.05) is 12.1 Å². The molecule has 1 aliphatic rings. The maximum Gasteiger partial charge on any atom is 0.160 e. The molecule has 0 amide bonds. The second-order valence-electron chi connectivity index (χ2n) is 15.7. The fourth-order valence-corrected chi connectivity index (χ4v) is 9.31. The van der Waals surface area contributed by atoms with Crippen molar-refractivity contribution in [2.45, 2.75) is 19.3 Å². The van der Waals surface area contributed by atoms with Gasteiger partial charge in [0.05, 0.1) is 11.4 Å². The van der Waals surface area contributed by atoms with E-state index in [9.17, 15) is 0 Å². The Labute approximate surface area is 332 Å². The zero-order chi connectivity index (χ0) is 38.1. The van der Waals surface area contributed by atoms with E-state index in [-0.39, 0.29) is 5.41 Å². The first kappa shape index (κ1) is 33.2. The zero-order valence-electron chi connectivity index (χ0n) is 31.9. The summed E-state index contributed by atoms with van der Waals surface area (Å²) in [4.78, 5) is 10.4. The van der Waals surface area contributed by atoms with Crippen molar-refractivity contribution in [3.63, 3.8) is 0 Å². The molecule has 2 nitrogen and oxygen atoms in total. The second-order valence-corrected chi connectivity index (χ2v) is 15.7. The molecule has 1 aromatic heterocycles. The molecule has 0 atom stereocenters. The molecule has 0 N–H and O–H groups in total. The molecule has 10 aromatic rings. The van der Waals surface area contributed by atoms with E-state index in [1.165, 1.54) is 71.3 Å². The fourth-order valence-electron chi connectivity index (χ4n) is 9.31. The second kappa shape index (κ2) is 13.0. The molecule has 0 aliphatic heterocycles. The third-order valence-electron chi connectivity index (χ3n) is 12.0. The molecule has 0 radical (unpaired) electrons. The standard InChI is InChI=1S/C55H38N2/c1-55(2)47-30-16-29-45(53(47)46-32-37-21-9-10-22-38(37)33-48(46)55)52-43-27-13-11-25-41(43)51(42-26-12-14-28-44(42)52)39-23-15-24-40(31-39)54-56-49(35-17-5-3-6-18-35)34-50(57-54)36-19-7-4-8-20-36/h3-34H,1-2H3. The SMILES string of the molecule is CC1(C)c2cc3ccccc3cc2-c2c(-c3c4ccccc4c(-c4cccc(-c5nc(-c6ccccc6)cc(-c6ccccc6)n5)c4)c4ccccc34)cccc21. The highest BCUT2D eigenvalue weighted by Gasteiger charge is 2.37. The van der Waals surface area contributed by atoms with Crippen LogP contribution in [0.25, 0.3) is 99.6 Å². The zero-order valence-corrected chi connectivity index (χ0v) is 31.9. The highest BCUT2D eigenvalue weighted by atomic mass is 14.9. The molecule has 2 heteroatoms. The molecular weight excluding hydrogens is 689 g/mol. The van der Waals surface area contributed by atoms with E-state index in [4.69, 9.17) is 9.97 Å². The van der Waals surface area contributed by atoms with Crippen LogP contribution in [0, 0.1) is 0 Å². The van der Waals surface area contributed by atoms with Crippen molar-refractivity contribution in [1.82, 2.24) is 9.97 Å². The lowest BCUT2D eigenvalue weighted by atomic mass is 9.80. The van der Waals surface area contributed by atoms with Gasteiger partial charge in [-0.1, -0.05) is 184 Å². The average Bonchev–Trinajstić information content (AvgIpc) is 3.50. The summed E-state index contributed by atoms with van der Waals surface area (Å²) in [5.74, 6) is 0.705. The van der Waals surface area contributed by atoms with Crippen LogP contribution in [0.3, 0.4) is 0 Å². The van der Waals surface area contributed by atoms with Gasteiger partial charge >= 0.3 is 0 Å². The van der Waals surface area contributed by atoms with Crippen LogP contribution in [0.4, 0.5) is 0 Å². The van der Waals surface area contributed by atoms with Crippen molar-refractivity contribution in [1.29, 1.82) is 0 Å². The third-order valence-corrected chi connectivity index (χ3v) is 12.0. The molecule has 0 saturated heterocycles. The Bertz CT molecular complexity index is 3080. The average molecular weight is 727 g/mol. The van der Waals surface area contributed by atoms with Gasteiger partial charge in [0.1, 0.15) is 0 Å². The molecule has 11 rings (SSSR count). The van der Waals surface area contributed by atoms with Crippen LogP contribution >= 0.6 is 0 Å². The Morgan fingerprint density at radius 2 is 0.825 bits per heavy atom. The summed E-state index contributed by atoms with van der Waals surface area (Å²) >= 11 is 0. The Morgan fingerprint density at radius 3 is 1.44 bits per heavy atom.